The van der Waals surface area contributed by atoms with Gasteiger partial charge in [0, 0.05) is 29.0 Å². The molecule has 45 heavy (non-hydrogen) atoms. The molecule has 0 spiro atoms. The molecule has 2 amide bonds. The van der Waals surface area contributed by atoms with Crippen LogP contribution in [0, 0.1) is 0 Å². The Kier molecular flexibility index (Phi) is 8.07. The average Bonchev–Trinajstić information content (AvgIpc) is 3.07. The summed E-state index contributed by atoms with van der Waals surface area (Å²) >= 11 is 0. The first-order chi connectivity index (χ1) is 21.8. The number of amides is 2. The zero-order chi connectivity index (χ0) is 31.4. The Hall–Kier alpha value is -5.83. The number of carbonyl (C=O) groups excluding carboxylic acids is 2. The number of halogens is 3. The van der Waals surface area contributed by atoms with E-state index in [9.17, 15) is 22.8 Å². The fourth-order valence-electron chi connectivity index (χ4n) is 5.03. The van der Waals surface area contributed by atoms with E-state index in [1.165, 1.54) is 18.3 Å². The molecule has 222 valence electrons. The third-order valence-electron chi connectivity index (χ3n) is 7.29. The number of pyridine rings is 2. The Balaban J connectivity index is 1.20. The number of hydrogen-bond donors (Lipinski definition) is 2. The molecule has 1 atom stereocenters. The molecule has 0 aliphatic heterocycles. The quantitative estimate of drug-likeness (QED) is 0.194. The van der Waals surface area contributed by atoms with Gasteiger partial charge in [0.25, 0.3) is 11.8 Å². The number of hydrogen-bond acceptors (Lipinski definition) is 4. The number of aromatic nitrogens is 2. The van der Waals surface area contributed by atoms with Gasteiger partial charge in [0.1, 0.15) is 0 Å². The summed E-state index contributed by atoms with van der Waals surface area (Å²) in [6.45, 7) is 0. The van der Waals surface area contributed by atoms with Gasteiger partial charge in [-0.15, -0.1) is 0 Å². The number of benzene rings is 4. The molecule has 2 heterocycles. The minimum absolute atomic E-state index is 0.304. The Morgan fingerprint density at radius 1 is 0.711 bits per heavy atom. The molecule has 6 aromatic rings. The molecule has 6 nitrogen and oxygen atoms in total. The van der Waals surface area contributed by atoms with Gasteiger partial charge in [-0.1, -0.05) is 72.8 Å². The molecule has 2 N–H and O–H groups in total. The molecule has 0 aliphatic rings. The van der Waals surface area contributed by atoms with Gasteiger partial charge >= 0.3 is 6.18 Å². The standard InChI is InChI=1S/C36H25F3N4O2/c37-36(38,39)27-16-13-23(14-17-27)29-10-4-5-11-30(29)35(45)42-28-18-15-25-20-26(22-41-32(25)21-28)34(44)43-33(24-8-2-1-3-9-24)31-12-6-7-19-40-31/h1-22,33H,(H,42,45)(H,43,44). The van der Waals surface area contributed by atoms with Gasteiger partial charge in [0.15, 0.2) is 0 Å². The van der Waals surface area contributed by atoms with E-state index in [1.807, 2.05) is 48.5 Å². The number of fused-ring (bicyclic) bond motifs is 1. The molecule has 2 aromatic heterocycles. The second-order valence-corrected chi connectivity index (χ2v) is 10.3. The third kappa shape index (κ3) is 6.57. The van der Waals surface area contributed by atoms with Crippen LogP contribution in [0.25, 0.3) is 22.0 Å². The summed E-state index contributed by atoms with van der Waals surface area (Å²) in [6, 6.07) is 32.9. The molecule has 9 heteroatoms. The van der Waals surface area contributed by atoms with Crippen molar-refractivity contribution in [1.82, 2.24) is 15.3 Å². The van der Waals surface area contributed by atoms with E-state index in [0.717, 1.165) is 17.7 Å². The van der Waals surface area contributed by atoms with Crippen LogP contribution in [0.5, 0.6) is 0 Å². The fraction of sp³-hybridized carbons (Fsp3) is 0.0556. The van der Waals surface area contributed by atoms with E-state index in [0.29, 0.717) is 44.5 Å². The smallest absolute Gasteiger partial charge is 0.339 e. The Labute approximate surface area is 256 Å². The maximum Gasteiger partial charge on any atom is 0.416 e. The van der Waals surface area contributed by atoms with Gasteiger partial charge in [-0.2, -0.15) is 13.2 Å². The second-order valence-electron chi connectivity index (χ2n) is 10.3. The van der Waals surface area contributed by atoms with Crippen LogP contribution in [0.3, 0.4) is 0 Å². The van der Waals surface area contributed by atoms with Crippen LogP contribution in [0.4, 0.5) is 18.9 Å². The summed E-state index contributed by atoms with van der Waals surface area (Å²) < 4.78 is 39.1. The van der Waals surface area contributed by atoms with E-state index in [-0.39, 0.29) is 5.91 Å². The first-order valence-corrected chi connectivity index (χ1v) is 14.0. The minimum atomic E-state index is -4.45. The molecular formula is C36H25F3N4O2. The largest absolute Gasteiger partial charge is 0.416 e. The summed E-state index contributed by atoms with van der Waals surface area (Å²) in [7, 11) is 0. The van der Waals surface area contributed by atoms with Crippen molar-refractivity contribution in [2.45, 2.75) is 12.2 Å². The van der Waals surface area contributed by atoms with Crippen molar-refractivity contribution in [2.24, 2.45) is 0 Å². The zero-order valence-electron chi connectivity index (χ0n) is 23.6. The SMILES string of the molecule is O=C(NC(c1ccccc1)c1ccccn1)c1cnc2cc(NC(=O)c3ccccc3-c3ccc(C(F)(F)F)cc3)ccc2c1. The first kappa shape index (κ1) is 29.3. The molecule has 0 aliphatic carbocycles. The van der Waals surface area contributed by atoms with Crippen LogP contribution in [-0.4, -0.2) is 21.8 Å². The van der Waals surface area contributed by atoms with E-state index >= 15 is 0 Å². The van der Waals surface area contributed by atoms with Crippen LogP contribution in [0.15, 0.2) is 134 Å². The third-order valence-corrected chi connectivity index (χ3v) is 7.29. The summed E-state index contributed by atoms with van der Waals surface area (Å²) in [5.41, 5.74) is 3.50. The van der Waals surface area contributed by atoms with Crippen molar-refractivity contribution in [3.63, 3.8) is 0 Å². The summed E-state index contributed by atoms with van der Waals surface area (Å²) in [4.78, 5) is 35.5. The molecule has 0 radical (unpaired) electrons. The predicted molar refractivity (Wildman–Crippen MR) is 167 cm³/mol. The predicted octanol–water partition coefficient (Wildman–Crippen LogP) is 8.09. The number of alkyl halides is 3. The minimum Gasteiger partial charge on any atom is -0.339 e. The van der Waals surface area contributed by atoms with Gasteiger partial charge in [0.2, 0.25) is 0 Å². The van der Waals surface area contributed by atoms with Gasteiger partial charge < -0.3 is 10.6 Å². The van der Waals surface area contributed by atoms with Gasteiger partial charge in [-0.3, -0.25) is 19.6 Å². The molecule has 0 saturated carbocycles. The highest BCUT2D eigenvalue weighted by atomic mass is 19.4. The lowest BCUT2D eigenvalue weighted by atomic mass is 9.98. The Morgan fingerprint density at radius 2 is 1.44 bits per heavy atom. The highest BCUT2D eigenvalue weighted by Crippen LogP contribution is 2.32. The van der Waals surface area contributed by atoms with Crippen LogP contribution in [0.1, 0.15) is 43.6 Å². The van der Waals surface area contributed by atoms with Gasteiger partial charge in [-0.05, 0) is 65.2 Å². The number of carbonyl (C=O) groups is 2. The Bertz CT molecular complexity index is 1940. The summed E-state index contributed by atoms with van der Waals surface area (Å²) in [6.07, 6.45) is -1.29. The topological polar surface area (TPSA) is 84.0 Å². The fourth-order valence-corrected chi connectivity index (χ4v) is 5.03. The average molecular weight is 603 g/mol. The summed E-state index contributed by atoms with van der Waals surface area (Å²) in [5, 5.41) is 6.61. The number of nitrogens with one attached hydrogen (secondary N) is 2. The zero-order valence-corrected chi connectivity index (χ0v) is 23.6. The molecular weight excluding hydrogens is 577 g/mol. The molecule has 4 aromatic carbocycles. The van der Waals surface area contributed by atoms with Crippen molar-refractivity contribution in [1.29, 1.82) is 0 Å². The maximum absolute atomic E-state index is 13.3. The van der Waals surface area contributed by atoms with E-state index in [2.05, 4.69) is 20.6 Å². The lowest BCUT2D eigenvalue weighted by Crippen LogP contribution is -2.30. The van der Waals surface area contributed by atoms with Crippen molar-refractivity contribution in [2.75, 3.05) is 5.32 Å². The maximum atomic E-state index is 13.3. The van der Waals surface area contributed by atoms with Crippen molar-refractivity contribution in [3.05, 3.63) is 162 Å². The van der Waals surface area contributed by atoms with Crippen LogP contribution in [0.2, 0.25) is 0 Å². The van der Waals surface area contributed by atoms with Crippen molar-refractivity contribution in [3.8, 4) is 11.1 Å². The molecule has 1 unspecified atom stereocenters. The molecule has 0 saturated heterocycles. The lowest BCUT2D eigenvalue weighted by molar-refractivity contribution is -0.137. The number of anilines is 1. The lowest BCUT2D eigenvalue weighted by Gasteiger charge is -2.19. The van der Waals surface area contributed by atoms with Crippen LogP contribution in [-0.2, 0) is 6.18 Å². The van der Waals surface area contributed by atoms with E-state index in [1.54, 1.807) is 54.7 Å². The Morgan fingerprint density at radius 3 is 2.18 bits per heavy atom. The first-order valence-electron chi connectivity index (χ1n) is 14.0. The van der Waals surface area contributed by atoms with E-state index in [4.69, 9.17) is 0 Å². The van der Waals surface area contributed by atoms with Crippen molar-refractivity contribution < 1.29 is 22.8 Å². The normalized spacial score (nSPS) is 12.0. The van der Waals surface area contributed by atoms with E-state index < -0.39 is 23.7 Å². The summed E-state index contributed by atoms with van der Waals surface area (Å²) in [5.74, 6) is -0.747. The highest BCUT2D eigenvalue weighted by molar-refractivity contribution is 6.09. The molecule has 0 fully saturated rings. The number of rotatable bonds is 7. The monoisotopic (exact) mass is 602 g/mol. The van der Waals surface area contributed by atoms with Crippen LogP contribution >= 0.6 is 0 Å². The molecule has 6 rings (SSSR count). The number of nitrogens with zero attached hydrogens (tertiary/aromatic N) is 2. The highest BCUT2D eigenvalue weighted by Gasteiger charge is 2.30. The van der Waals surface area contributed by atoms with Gasteiger partial charge in [-0.25, -0.2) is 0 Å². The van der Waals surface area contributed by atoms with Gasteiger partial charge in [0.05, 0.1) is 28.4 Å². The molecule has 0 bridgehead atoms. The van der Waals surface area contributed by atoms with Crippen molar-refractivity contribution >= 4 is 28.4 Å². The van der Waals surface area contributed by atoms with Crippen LogP contribution < -0.4 is 10.6 Å². The second kappa shape index (κ2) is 12.4.